The van der Waals surface area contributed by atoms with Gasteiger partial charge in [0, 0.05) is 25.3 Å². The van der Waals surface area contributed by atoms with Crippen molar-refractivity contribution in [3.05, 3.63) is 18.2 Å². The third-order valence-electron chi connectivity index (χ3n) is 3.36. The summed E-state index contributed by atoms with van der Waals surface area (Å²) in [5.41, 5.74) is 7.33. The Balaban J connectivity index is 2.63. The third kappa shape index (κ3) is 3.82. The van der Waals surface area contributed by atoms with Crippen molar-refractivity contribution < 1.29 is 0 Å². The number of nitrogens with two attached hydrogens (primary N) is 1. The highest BCUT2D eigenvalue weighted by atomic mass is 15.2. The Kier molecular flexibility index (Phi) is 5.65. The van der Waals surface area contributed by atoms with Gasteiger partial charge >= 0.3 is 0 Å². The Labute approximate surface area is 105 Å². The van der Waals surface area contributed by atoms with Gasteiger partial charge in [0.2, 0.25) is 0 Å². The highest BCUT2D eigenvalue weighted by Crippen LogP contribution is 2.18. The van der Waals surface area contributed by atoms with Crippen LogP contribution < -0.4 is 5.73 Å². The van der Waals surface area contributed by atoms with Crippen molar-refractivity contribution in [3.8, 4) is 0 Å². The zero-order chi connectivity index (χ0) is 12.8. The molecule has 98 valence electrons. The Morgan fingerprint density at radius 1 is 1.35 bits per heavy atom. The first kappa shape index (κ1) is 14.2. The van der Waals surface area contributed by atoms with Crippen molar-refractivity contribution in [1.82, 2.24) is 14.5 Å². The van der Waals surface area contributed by atoms with E-state index in [2.05, 4.69) is 42.1 Å². The zero-order valence-corrected chi connectivity index (χ0v) is 11.6. The summed E-state index contributed by atoms with van der Waals surface area (Å²) in [5, 5.41) is 0. The van der Waals surface area contributed by atoms with Crippen LogP contribution in [0.2, 0.25) is 0 Å². The second kappa shape index (κ2) is 6.77. The van der Waals surface area contributed by atoms with Gasteiger partial charge in [0.15, 0.2) is 0 Å². The Bertz CT molecular complexity index is 315. The molecule has 1 aromatic rings. The predicted octanol–water partition coefficient (Wildman–Crippen LogP) is 1.88. The lowest BCUT2D eigenvalue weighted by atomic mass is 10.0. The molecule has 1 rings (SSSR count). The largest absolute Gasteiger partial charge is 0.332 e. The molecule has 0 saturated heterocycles. The van der Waals surface area contributed by atoms with Gasteiger partial charge in [-0.15, -0.1) is 0 Å². The minimum Gasteiger partial charge on any atom is -0.332 e. The van der Waals surface area contributed by atoms with Crippen LogP contribution in [0.15, 0.2) is 12.5 Å². The summed E-state index contributed by atoms with van der Waals surface area (Å²) >= 11 is 0. The zero-order valence-electron chi connectivity index (χ0n) is 11.6. The van der Waals surface area contributed by atoms with Gasteiger partial charge < -0.3 is 15.2 Å². The molecule has 0 saturated carbocycles. The SMILES string of the molecule is CCN(CC)CCn1cncc1C(N)C(C)C. The average Bonchev–Trinajstić information content (AvgIpc) is 2.77. The topological polar surface area (TPSA) is 47.1 Å². The number of aromatic nitrogens is 2. The number of imidazole rings is 1. The number of rotatable bonds is 7. The van der Waals surface area contributed by atoms with E-state index in [0.717, 1.165) is 31.9 Å². The average molecular weight is 238 g/mol. The van der Waals surface area contributed by atoms with Crippen molar-refractivity contribution in [3.63, 3.8) is 0 Å². The molecule has 4 nitrogen and oxygen atoms in total. The second-order valence-electron chi connectivity index (χ2n) is 4.81. The molecule has 0 fully saturated rings. The molecule has 0 spiro atoms. The van der Waals surface area contributed by atoms with E-state index < -0.39 is 0 Å². The van der Waals surface area contributed by atoms with Gasteiger partial charge in [-0.1, -0.05) is 27.7 Å². The summed E-state index contributed by atoms with van der Waals surface area (Å²) in [6.07, 6.45) is 3.79. The first-order valence-corrected chi connectivity index (χ1v) is 6.58. The van der Waals surface area contributed by atoms with Crippen LogP contribution >= 0.6 is 0 Å². The van der Waals surface area contributed by atoms with Crippen molar-refractivity contribution in [2.75, 3.05) is 19.6 Å². The maximum absolute atomic E-state index is 6.18. The standard InChI is InChI=1S/C13H26N4/c1-5-16(6-2)7-8-17-10-15-9-12(17)13(14)11(3)4/h9-11,13H,5-8,14H2,1-4H3. The summed E-state index contributed by atoms with van der Waals surface area (Å²) in [6.45, 7) is 12.9. The lowest BCUT2D eigenvalue weighted by Crippen LogP contribution is -2.28. The molecule has 4 heteroatoms. The van der Waals surface area contributed by atoms with Gasteiger partial charge in [0.1, 0.15) is 0 Å². The highest BCUT2D eigenvalue weighted by molar-refractivity contribution is 5.05. The van der Waals surface area contributed by atoms with Crippen LogP contribution in [0.5, 0.6) is 0 Å². The number of hydrogen-bond donors (Lipinski definition) is 1. The van der Waals surface area contributed by atoms with E-state index in [1.165, 1.54) is 0 Å². The fraction of sp³-hybridized carbons (Fsp3) is 0.769. The molecule has 1 heterocycles. The summed E-state index contributed by atoms with van der Waals surface area (Å²) in [7, 11) is 0. The second-order valence-corrected chi connectivity index (χ2v) is 4.81. The molecule has 0 bridgehead atoms. The van der Waals surface area contributed by atoms with E-state index in [1.807, 2.05) is 12.5 Å². The molecular formula is C13H26N4. The van der Waals surface area contributed by atoms with E-state index in [9.17, 15) is 0 Å². The minimum atomic E-state index is 0.0780. The molecule has 0 aliphatic heterocycles. The Morgan fingerprint density at radius 3 is 2.53 bits per heavy atom. The highest BCUT2D eigenvalue weighted by Gasteiger charge is 2.15. The van der Waals surface area contributed by atoms with E-state index >= 15 is 0 Å². The molecule has 1 aromatic heterocycles. The molecule has 1 unspecified atom stereocenters. The smallest absolute Gasteiger partial charge is 0.0949 e. The molecule has 2 N–H and O–H groups in total. The monoisotopic (exact) mass is 238 g/mol. The first-order valence-electron chi connectivity index (χ1n) is 6.58. The van der Waals surface area contributed by atoms with E-state index in [0.29, 0.717) is 5.92 Å². The fourth-order valence-electron chi connectivity index (χ4n) is 1.93. The predicted molar refractivity (Wildman–Crippen MR) is 71.8 cm³/mol. The number of hydrogen-bond acceptors (Lipinski definition) is 3. The van der Waals surface area contributed by atoms with Gasteiger partial charge in [-0.05, 0) is 19.0 Å². The van der Waals surface area contributed by atoms with Crippen molar-refractivity contribution in [1.29, 1.82) is 0 Å². The molecular weight excluding hydrogens is 212 g/mol. The van der Waals surface area contributed by atoms with Crippen molar-refractivity contribution >= 4 is 0 Å². The van der Waals surface area contributed by atoms with Crippen LogP contribution in [-0.2, 0) is 6.54 Å². The van der Waals surface area contributed by atoms with Gasteiger partial charge in [-0.2, -0.15) is 0 Å². The Hall–Kier alpha value is -0.870. The molecule has 17 heavy (non-hydrogen) atoms. The summed E-state index contributed by atoms with van der Waals surface area (Å²) in [6, 6.07) is 0.0780. The molecule has 0 aromatic carbocycles. The Morgan fingerprint density at radius 2 is 2.00 bits per heavy atom. The van der Waals surface area contributed by atoms with E-state index in [-0.39, 0.29) is 6.04 Å². The van der Waals surface area contributed by atoms with Crippen molar-refractivity contribution in [2.45, 2.75) is 40.3 Å². The van der Waals surface area contributed by atoms with Gasteiger partial charge in [0.05, 0.1) is 12.0 Å². The summed E-state index contributed by atoms with van der Waals surface area (Å²) in [5.74, 6) is 0.443. The molecule has 0 radical (unpaired) electrons. The summed E-state index contributed by atoms with van der Waals surface area (Å²) in [4.78, 5) is 6.63. The molecule has 1 atom stereocenters. The normalized spacial score (nSPS) is 13.6. The molecule has 0 aliphatic rings. The van der Waals surface area contributed by atoms with E-state index in [4.69, 9.17) is 5.73 Å². The molecule has 0 amide bonds. The summed E-state index contributed by atoms with van der Waals surface area (Å²) < 4.78 is 2.18. The number of nitrogens with zero attached hydrogens (tertiary/aromatic N) is 3. The quantitative estimate of drug-likeness (QED) is 0.789. The minimum absolute atomic E-state index is 0.0780. The van der Waals surface area contributed by atoms with Crippen LogP contribution in [-0.4, -0.2) is 34.1 Å². The van der Waals surface area contributed by atoms with Crippen molar-refractivity contribution in [2.24, 2.45) is 11.7 Å². The fourth-order valence-corrected chi connectivity index (χ4v) is 1.93. The third-order valence-corrected chi connectivity index (χ3v) is 3.36. The maximum Gasteiger partial charge on any atom is 0.0949 e. The molecule has 0 aliphatic carbocycles. The lowest BCUT2D eigenvalue weighted by molar-refractivity contribution is 0.287. The van der Waals surface area contributed by atoms with Crippen LogP contribution in [0.1, 0.15) is 39.4 Å². The van der Waals surface area contributed by atoms with Crippen LogP contribution in [0.3, 0.4) is 0 Å². The lowest BCUT2D eigenvalue weighted by Gasteiger charge is -2.21. The first-order chi connectivity index (χ1) is 8.10. The van der Waals surface area contributed by atoms with E-state index in [1.54, 1.807) is 0 Å². The van der Waals surface area contributed by atoms with Gasteiger partial charge in [0.25, 0.3) is 0 Å². The van der Waals surface area contributed by atoms with Crippen LogP contribution in [0.25, 0.3) is 0 Å². The number of likely N-dealkylation sites (N-methyl/N-ethyl adjacent to an activating group) is 1. The van der Waals surface area contributed by atoms with Gasteiger partial charge in [-0.25, -0.2) is 4.98 Å². The van der Waals surface area contributed by atoms with Gasteiger partial charge in [-0.3, -0.25) is 0 Å². The van der Waals surface area contributed by atoms with Crippen LogP contribution in [0.4, 0.5) is 0 Å². The maximum atomic E-state index is 6.18. The van der Waals surface area contributed by atoms with Crippen LogP contribution in [0, 0.1) is 5.92 Å².